The number of ether oxygens (including phenoxy) is 1. The minimum atomic E-state index is -2.15. The Kier molecular flexibility index (Phi) is 7.44. The molecule has 0 N–H and O–H groups in total. The molecule has 2 heterocycles. The average molecular weight is 540 g/mol. The van der Waals surface area contributed by atoms with E-state index in [0.717, 1.165) is 0 Å². The summed E-state index contributed by atoms with van der Waals surface area (Å²) in [4.78, 5) is 52.4. The molecule has 2 aromatic carbocycles. The normalized spacial score (nSPS) is 19.6. The molecule has 2 atom stereocenters. The Morgan fingerprint density at radius 2 is 1.63 bits per heavy atom. The second-order valence-corrected chi connectivity index (χ2v) is 16.0. The molecule has 0 spiro atoms. The molecule has 0 aliphatic carbocycles. The number of hydrogen-bond donors (Lipinski definition) is 0. The van der Waals surface area contributed by atoms with Crippen molar-refractivity contribution >= 4 is 31.9 Å². The maximum absolute atomic E-state index is 13.2. The quantitative estimate of drug-likeness (QED) is 0.210. The molecule has 2 aliphatic rings. The number of carbonyl (C=O) groups excluding carboxylic acids is 3. The van der Waals surface area contributed by atoms with Crippen LogP contribution in [0.5, 0.6) is 0 Å². The minimum Gasteiger partial charge on any atom is -0.445 e. The molecular formula is C27H33N3O7Si. The van der Waals surface area contributed by atoms with Crippen molar-refractivity contribution in [2.24, 2.45) is 0 Å². The fourth-order valence-electron chi connectivity index (χ4n) is 4.51. The van der Waals surface area contributed by atoms with E-state index in [0.29, 0.717) is 23.1 Å². The lowest BCUT2D eigenvalue weighted by molar-refractivity contribution is -0.384. The van der Waals surface area contributed by atoms with E-state index in [4.69, 9.17) is 9.16 Å². The molecule has 2 aromatic rings. The van der Waals surface area contributed by atoms with Gasteiger partial charge >= 0.3 is 6.09 Å². The summed E-state index contributed by atoms with van der Waals surface area (Å²) in [5.41, 5.74) is 1.27. The first-order chi connectivity index (χ1) is 17.8. The molecule has 202 valence electrons. The molecule has 0 bridgehead atoms. The van der Waals surface area contributed by atoms with Gasteiger partial charge in [0.1, 0.15) is 6.61 Å². The molecule has 3 amide bonds. The molecule has 0 unspecified atom stereocenters. The standard InChI is InChI=1S/C27H33N3O7Si/c1-27(2,3)38(4,5)37-21-14-20(15-29-24(31)22-8-6-7-9-23(22)25(29)32)28(16-21)26(33)36-17-18-10-12-19(13-11-18)30(34)35/h6-13,20-21H,14-17H2,1-5H3/t20-,21+/m0/s1. The van der Waals surface area contributed by atoms with Crippen LogP contribution in [-0.2, 0) is 15.8 Å². The minimum absolute atomic E-state index is 0.0329. The van der Waals surface area contributed by atoms with Crippen molar-refractivity contribution in [3.63, 3.8) is 0 Å². The number of non-ortho nitro benzene ring substituents is 1. The van der Waals surface area contributed by atoms with Gasteiger partial charge in [0.25, 0.3) is 17.5 Å². The Morgan fingerprint density at radius 3 is 2.16 bits per heavy atom. The summed E-state index contributed by atoms with van der Waals surface area (Å²) in [6, 6.07) is 12.0. The molecule has 1 fully saturated rings. The summed E-state index contributed by atoms with van der Waals surface area (Å²) in [7, 11) is -2.15. The zero-order chi connectivity index (χ0) is 27.8. The number of amides is 3. The Balaban J connectivity index is 1.50. The SMILES string of the molecule is CC(C)(C)[Si](C)(C)O[C@@H]1C[C@@H](CN2C(=O)c3ccccc3C2=O)N(C(=O)OCc2ccc([N+](=O)[O-])cc2)C1. The summed E-state index contributed by atoms with van der Waals surface area (Å²) >= 11 is 0. The summed E-state index contributed by atoms with van der Waals surface area (Å²) in [5.74, 6) is -0.753. The fourth-order valence-corrected chi connectivity index (χ4v) is 5.86. The van der Waals surface area contributed by atoms with Crippen LogP contribution in [0.25, 0.3) is 0 Å². The highest BCUT2D eigenvalue weighted by Gasteiger charge is 2.46. The number of hydrogen-bond acceptors (Lipinski definition) is 7. The van der Waals surface area contributed by atoms with E-state index in [9.17, 15) is 24.5 Å². The number of likely N-dealkylation sites (tertiary alicyclic amines) is 1. The van der Waals surface area contributed by atoms with Crippen molar-refractivity contribution in [1.82, 2.24) is 9.80 Å². The Hall–Kier alpha value is -3.57. The predicted molar refractivity (Wildman–Crippen MR) is 142 cm³/mol. The monoisotopic (exact) mass is 539 g/mol. The highest BCUT2D eigenvalue weighted by Crippen LogP contribution is 2.39. The maximum atomic E-state index is 13.2. The van der Waals surface area contributed by atoms with E-state index in [1.807, 2.05) is 0 Å². The molecule has 38 heavy (non-hydrogen) atoms. The molecular weight excluding hydrogens is 506 g/mol. The number of nitrogens with zero attached hydrogens (tertiary/aromatic N) is 3. The first-order valence-corrected chi connectivity index (χ1v) is 15.5. The van der Waals surface area contributed by atoms with Gasteiger partial charge in [0, 0.05) is 18.7 Å². The summed E-state index contributed by atoms with van der Waals surface area (Å²) in [6.45, 7) is 10.9. The molecule has 0 aromatic heterocycles. The third kappa shape index (κ3) is 5.48. The number of carbonyl (C=O) groups is 3. The average Bonchev–Trinajstić information content (AvgIpc) is 3.36. The van der Waals surface area contributed by atoms with Gasteiger partial charge in [-0.3, -0.25) is 24.6 Å². The van der Waals surface area contributed by atoms with Gasteiger partial charge in [-0.15, -0.1) is 0 Å². The lowest BCUT2D eigenvalue weighted by atomic mass is 10.1. The molecule has 2 aliphatic heterocycles. The van der Waals surface area contributed by atoms with Crippen LogP contribution in [-0.4, -0.2) is 66.2 Å². The van der Waals surface area contributed by atoms with Crippen molar-refractivity contribution in [1.29, 1.82) is 0 Å². The van der Waals surface area contributed by atoms with E-state index in [1.165, 1.54) is 34.1 Å². The predicted octanol–water partition coefficient (Wildman–Crippen LogP) is 4.99. The van der Waals surface area contributed by atoms with Gasteiger partial charge in [-0.05, 0) is 54.4 Å². The van der Waals surface area contributed by atoms with E-state index in [1.54, 1.807) is 24.3 Å². The van der Waals surface area contributed by atoms with Gasteiger partial charge < -0.3 is 14.1 Å². The maximum Gasteiger partial charge on any atom is 0.410 e. The van der Waals surface area contributed by atoms with Crippen LogP contribution >= 0.6 is 0 Å². The van der Waals surface area contributed by atoms with Crippen LogP contribution in [0.1, 0.15) is 53.5 Å². The van der Waals surface area contributed by atoms with Crippen molar-refractivity contribution in [2.45, 2.75) is 64.1 Å². The lowest BCUT2D eigenvalue weighted by Crippen LogP contribution is -2.45. The van der Waals surface area contributed by atoms with Gasteiger partial charge in [-0.1, -0.05) is 32.9 Å². The van der Waals surface area contributed by atoms with Crippen molar-refractivity contribution in [3.05, 3.63) is 75.3 Å². The van der Waals surface area contributed by atoms with E-state index in [2.05, 4.69) is 33.9 Å². The Bertz CT molecular complexity index is 1220. The van der Waals surface area contributed by atoms with Crippen molar-refractivity contribution in [2.75, 3.05) is 13.1 Å². The molecule has 0 radical (unpaired) electrons. The highest BCUT2D eigenvalue weighted by molar-refractivity contribution is 6.74. The topological polar surface area (TPSA) is 119 Å². The van der Waals surface area contributed by atoms with Crippen LogP contribution in [0.3, 0.4) is 0 Å². The van der Waals surface area contributed by atoms with Gasteiger partial charge in [-0.25, -0.2) is 4.79 Å². The molecule has 4 rings (SSSR count). The molecule has 1 saturated heterocycles. The van der Waals surface area contributed by atoms with Crippen LogP contribution < -0.4 is 0 Å². The largest absolute Gasteiger partial charge is 0.445 e. The Morgan fingerprint density at radius 1 is 1.05 bits per heavy atom. The van der Waals surface area contributed by atoms with Gasteiger partial charge in [0.15, 0.2) is 8.32 Å². The number of nitro groups is 1. The van der Waals surface area contributed by atoms with E-state index in [-0.39, 0.29) is 48.3 Å². The first-order valence-electron chi connectivity index (χ1n) is 12.6. The number of benzene rings is 2. The van der Waals surface area contributed by atoms with Gasteiger partial charge in [0.2, 0.25) is 0 Å². The highest BCUT2D eigenvalue weighted by atomic mass is 28.4. The first kappa shape index (κ1) is 27.5. The van der Waals surface area contributed by atoms with Crippen LogP contribution in [0.2, 0.25) is 18.1 Å². The summed E-state index contributed by atoms with van der Waals surface area (Å²) in [6.07, 6.45) is -0.388. The van der Waals surface area contributed by atoms with E-state index >= 15 is 0 Å². The number of nitro benzene ring substituents is 1. The Labute approximate surface area is 222 Å². The summed E-state index contributed by atoms with van der Waals surface area (Å²) < 4.78 is 12.1. The summed E-state index contributed by atoms with van der Waals surface area (Å²) in [5, 5.41) is 10.9. The second kappa shape index (κ2) is 10.3. The smallest absolute Gasteiger partial charge is 0.410 e. The zero-order valence-corrected chi connectivity index (χ0v) is 23.3. The number of fused-ring (bicyclic) bond motifs is 1. The number of rotatable bonds is 7. The molecule has 10 nitrogen and oxygen atoms in total. The van der Waals surface area contributed by atoms with Crippen molar-refractivity contribution < 1.29 is 28.5 Å². The second-order valence-electron chi connectivity index (χ2n) is 11.3. The van der Waals surface area contributed by atoms with Crippen molar-refractivity contribution in [3.8, 4) is 0 Å². The van der Waals surface area contributed by atoms with Crippen LogP contribution in [0.15, 0.2) is 48.5 Å². The fraction of sp³-hybridized carbons (Fsp3) is 0.444. The van der Waals surface area contributed by atoms with Crippen LogP contribution in [0, 0.1) is 10.1 Å². The third-order valence-electron chi connectivity index (χ3n) is 7.66. The van der Waals surface area contributed by atoms with Gasteiger partial charge in [-0.2, -0.15) is 0 Å². The zero-order valence-electron chi connectivity index (χ0n) is 22.3. The molecule has 11 heteroatoms. The molecule has 0 saturated carbocycles. The lowest BCUT2D eigenvalue weighted by Gasteiger charge is -2.38. The number of imide groups is 1. The van der Waals surface area contributed by atoms with E-state index < -0.39 is 25.4 Å². The van der Waals surface area contributed by atoms with Crippen LogP contribution in [0.4, 0.5) is 10.5 Å². The van der Waals surface area contributed by atoms with Gasteiger partial charge in [0.05, 0.1) is 34.7 Å². The third-order valence-corrected chi connectivity index (χ3v) is 12.2.